The fourth-order valence-corrected chi connectivity index (χ4v) is 3.61. The monoisotopic (exact) mass is 266 g/mol. The van der Waals surface area contributed by atoms with Gasteiger partial charge in [-0.05, 0) is 32.7 Å². The maximum Gasteiger partial charge on any atom is 0.307 e. The second-order valence-corrected chi connectivity index (χ2v) is 6.27. The van der Waals surface area contributed by atoms with E-state index in [2.05, 4.69) is 11.8 Å². The topological polar surface area (TPSA) is 60.9 Å². The Morgan fingerprint density at radius 1 is 1.16 bits per heavy atom. The molecule has 1 amide bonds. The minimum atomic E-state index is -0.817. The lowest BCUT2D eigenvalue weighted by Gasteiger charge is -2.47. The van der Waals surface area contributed by atoms with Crippen LogP contribution < -0.4 is 0 Å². The molecule has 19 heavy (non-hydrogen) atoms. The van der Waals surface area contributed by atoms with Crippen LogP contribution in [0.15, 0.2) is 0 Å². The second-order valence-electron chi connectivity index (χ2n) is 6.27. The van der Waals surface area contributed by atoms with Gasteiger partial charge in [-0.3, -0.25) is 14.5 Å². The number of nitrogens with zero attached hydrogens (tertiary/aromatic N) is 2. The summed E-state index contributed by atoms with van der Waals surface area (Å²) >= 11 is 0. The van der Waals surface area contributed by atoms with Gasteiger partial charge in [-0.15, -0.1) is 0 Å². The first kappa shape index (κ1) is 12.9. The Labute approximate surface area is 113 Å². The van der Waals surface area contributed by atoms with Gasteiger partial charge in [-0.2, -0.15) is 0 Å². The SMILES string of the molecule is CC1CN2CCCCC2CN1C(=O)[C@@H]1C[C@@H]1C(=O)O. The Balaban J connectivity index is 1.64. The molecular formula is C14H22N2O3. The number of carboxylic acid groups (broad SMARTS) is 1. The van der Waals surface area contributed by atoms with Gasteiger partial charge in [0.1, 0.15) is 0 Å². The summed E-state index contributed by atoms with van der Waals surface area (Å²) in [5, 5.41) is 8.95. The minimum Gasteiger partial charge on any atom is -0.481 e. The molecule has 3 aliphatic rings. The molecule has 2 heterocycles. The van der Waals surface area contributed by atoms with Crippen molar-refractivity contribution in [2.45, 2.75) is 44.7 Å². The summed E-state index contributed by atoms with van der Waals surface area (Å²) in [6.07, 6.45) is 4.22. The van der Waals surface area contributed by atoms with Crippen molar-refractivity contribution >= 4 is 11.9 Å². The van der Waals surface area contributed by atoms with Gasteiger partial charge >= 0.3 is 5.97 Å². The number of amides is 1. The first-order valence-corrected chi connectivity index (χ1v) is 7.35. The van der Waals surface area contributed by atoms with E-state index in [4.69, 9.17) is 5.11 Å². The molecule has 0 aromatic carbocycles. The van der Waals surface area contributed by atoms with Crippen LogP contribution >= 0.6 is 0 Å². The van der Waals surface area contributed by atoms with Crippen molar-refractivity contribution in [2.24, 2.45) is 11.8 Å². The number of rotatable bonds is 2. The van der Waals surface area contributed by atoms with Crippen molar-refractivity contribution in [3.63, 3.8) is 0 Å². The van der Waals surface area contributed by atoms with E-state index in [9.17, 15) is 9.59 Å². The summed E-state index contributed by atoms with van der Waals surface area (Å²) in [7, 11) is 0. The van der Waals surface area contributed by atoms with E-state index in [0.29, 0.717) is 12.5 Å². The highest BCUT2D eigenvalue weighted by Crippen LogP contribution is 2.41. The Morgan fingerprint density at radius 3 is 2.63 bits per heavy atom. The van der Waals surface area contributed by atoms with Gasteiger partial charge < -0.3 is 10.0 Å². The highest BCUT2D eigenvalue weighted by molar-refractivity contribution is 5.89. The smallest absolute Gasteiger partial charge is 0.307 e. The zero-order valence-electron chi connectivity index (χ0n) is 11.4. The lowest BCUT2D eigenvalue weighted by molar-refractivity contribution is -0.144. The van der Waals surface area contributed by atoms with Crippen LogP contribution in [0.25, 0.3) is 0 Å². The number of piperazine rings is 1. The molecule has 0 aromatic rings. The van der Waals surface area contributed by atoms with Crippen LogP contribution in [-0.2, 0) is 9.59 Å². The van der Waals surface area contributed by atoms with E-state index in [-0.39, 0.29) is 17.9 Å². The number of carbonyl (C=O) groups excluding carboxylic acids is 1. The molecule has 0 bridgehead atoms. The zero-order valence-corrected chi connectivity index (χ0v) is 11.4. The lowest BCUT2D eigenvalue weighted by Crippen LogP contribution is -2.60. The van der Waals surface area contributed by atoms with E-state index < -0.39 is 11.9 Å². The number of carboxylic acids is 1. The molecule has 106 valence electrons. The molecule has 2 saturated heterocycles. The zero-order chi connectivity index (χ0) is 13.6. The van der Waals surface area contributed by atoms with Crippen molar-refractivity contribution in [1.82, 2.24) is 9.80 Å². The van der Waals surface area contributed by atoms with Crippen molar-refractivity contribution < 1.29 is 14.7 Å². The standard InChI is InChI=1S/C14H22N2O3/c1-9-7-15-5-3-2-4-10(15)8-16(9)13(17)11-6-12(11)14(18)19/h9-12H,2-8H2,1H3,(H,18,19)/t9?,10?,11-,12+/m1/s1. The highest BCUT2D eigenvalue weighted by Gasteiger charge is 2.51. The van der Waals surface area contributed by atoms with Crippen molar-refractivity contribution in [3.8, 4) is 0 Å². The summed E-state index contributed by atoms with van der Waals surface area (Å²) in [5.41, 5.74) is 0. The maximum absolute atomic E-state index is 12.4. The van der Waals surface area contributed by atoms with Crippen LogP contribution in [0, 0.1) is 11.8 Å². The molecule has 0 radical (unpaired) electrons. The summed E-state index contributed by atoms with van der Waals surface area (Å²) in [5.74, 6) is -1.42. The van der Waals surface area contributed by atoms with Gasteiger partial charge in [-0.1, -0.05) is 6.42 Å². The third kappa shape index (κ3) is 2.36. The molecule has 1 saturated carbocycles. The van der Waals surface area contributed by atoms with Crippen molar-refractivity contribution in [2.75, 3.05) is 19.6 Å². The van der Waals surface area contributed by atoms with Gasteiger partial charge in [0.05, 0.1) is 11.8 Å². The van der Waals surface area contributed by atoms with Gasteiger partial charge in [-0.25, -0.2) is 0 Å². The summed E-state index contributed by atoms with van der Waals surface area (Å²) in [4.78, 5) is 27.7. The van der Waals surface area contributed by atoms with Crippen LogP contribution in [0.1, 0.15) is 32.6 Å². The van der Waals surface area contributed by atoms with E-state index >= 15 is 0 Å². The van der Waals surface area contributed by atoms with E-state index in [1.165, 1.54) is 19.3 Å². The minimum absolute atomic E-state index is 0.0742. The Hall–Kier alpha value is -1.10. The van der Waals surface area contributed by atoms with Crippen LogP contribution in [0.5, 0.6) is 0 Å². The van der Waals surface area contributed by atoms with Crippen molar-refractivity contribution in [1.29, 1.82) is 0 Å². The molecule has 1 N–H and O–H groups in total. The highest BCUT2D eigenvalue weighted by atomic mass is 16.4. The predicted octanol–water partition coefficient (Wildman–Crippen LogP) is 0.792. The first-order valence-electron chi connectivity index (χ1n) is 7.35. The number of hydrogen-bond acceptors (Lipinski definition) is 3. The number of aliphatic carboxylic acids is 1. The predicted molar refractivity (Wildman–Crippen MR) is 69.6 cm³/mol. The fraction of sp³-hybridized carbons (Fsp3) is 0.857. The average molecular weight is 266 g/mol. The third-order valence-electron chi connectivity index (χ3n) is 4.90. The van der Waals surface area contributed by atoms with Crippen LogP contribution in [-0.4, -0.2) is 58.5 Å². The van der Waals surface area contributed by atoms with Crippen LogP contribution in [0.3, 0.4) is 0 Å². The molecule has 2 unspecified atom stereocenters. The second kappa shape index (κ2) is 4.78. The molecule has 3 rings (SSSR count). The molecule has 0 spiro atoms. The maximum atomic E-state index is 12.4. The molecular weight excluding hydrogens is 244 g/mol. The summed E-state index contributed by atoms with van der Waals surface area (Å²) < 4.78 is 0. The largest absolute Gasteiger partial charge is 0.481 e. The van der Waals surface area contributed by atoms with E-state index in [0.717, 1.165) is 19.6 Å². The molecule has 3 fully saturated rings. The third-order valence-corrected chi connectivity index (χ3v) is 4.90. The van der Waals surface area contributed by atoms with Gasteiger partial charge in [0.2, 0.25) is 5.91 Å². The molecule has 1 aliphatic carbocycles. The molecule has 0 aromatic heterocycles. The Bertz CT molecular complexity index is 398. The Morgan fingerprint density at radius 2 is 1.95 bits per heavy atom. The number of carbonyl (C=O) groups is 2. The normalized spacial score (nSPS) is 38.7. The number of piperidine rings is 1. The van der Waals surface area contributed by atoms with Gasteiger partial charge in [0.25, 0.3) is 0 Å². The molecule has 2 aliphatic heterocycles. The number of hydrogen-bond donors (Lipinski definition) is 1. The molecule has 5 nitrogen and oxygen atoms in total. The van der Waals surface area contributed by atoms with Crippen LogP contribution in [0.2, 0.25) is 0 Å². The van der Waals surface area contributed by atoms with Gasteiger partial charge in [0.15, 0.2) is 0 Å². The molecule has 4 atom stereocenters. The fourth-order valence-electron chi connectivity index (χ4n) is 3.61. The summed E-state index contributed by atoms with van der Waals surface area (Å²) in [6, 6.07) is 0.716. The van der Waals surface area contributed by atoms with E-state index in [1.807, 2.05) is 4.90 Å². The van der Waals surface area contributed by atoms with Crippen LogP contribution in [0.4, 0.5) is 0 Å². The van der Waals surface area contributed by atoms with Crippen molar-refractivity contribution in [3.05, 3.63) is 0 Å². The van der Waals surface area contributed by atoms with E-state index in [1.54, 1.807) is 0 Å². The summed E-state index contributed by atoms with van der Waals surface area (Å²) in [6.45, 7) is 4.97. The molecule has 5 heteroatoms. The quantitative estimate of drug-likeness (QED) is 0.803. The Kier molecular flexibility index (Phi) is 3.25. The van der Waals surface area contributed by atoms with Gasteiger partial charge in [0, 0.05) is 25.2 Å². The first-order chi connectivity index (χ1) is 9.08. The lowest BCUT2D eigenvalue weighted by atomic mass is 9.96. The average Bonchev–Trinajstić information content (AvgIpc) is 3.17. The number of fused-ring (bicyclic) bond motifs is 1.